The lowest BCUT2D eigenvalue weighted by Crippen LogP contribution is -2.46. The fraction of sp³-hybridized carbons (Fsp3) is 0.722. The fourth-order valence-electron chi connectivity index (χ4n) is 3.46. The van der Waals surface area contributed by atoms with E-state index in [0.29, 0.717) is 12.1 Å². The van der Waals surface area contributed by atoms with Crippen molar-refractivity contribution >= 4 is 23.5 Å². The third kappa shape index (κ3) is 5.96. The number of hydrogen-bond acceptors (Lipinski definition) is 5. The summed E-state index contributed by atoms with van der Waals surface area (Å²) in [5, 5.41) is 3.96. The third-order valence-electron chi connectivity index (χ3n) is 4.57. The Balaban J connectivity index is 1.54. The van der Waals surface area contributed by atoms with E-state index in [-0.39, 0.29) is 0 Å². The van der Waals surface area contributed by atoms with Gasteiger partial charge in [-0.05, 0) is 38.4 Å². The second-order valence-electron chi connectivity index (χ2n) is 6.71. The Kier molecular flexibility index (Phi) is 7.12. The Hall–Kier alpha value is -0.230. The van der Waals surface area contributed by atoms with Gasteiger partial charge >= 0.3 is 0 Å². The quantitative estimate of drug-likeness (QED) is 0.899. The fourth-order valence-corrected chi connectivity index (χ4v) is 5.89. The van der Waals surface area contributed by atoms with E-state index in [4.69, 9.17) is 0 Å². The summed E-state index contributed by atoms with van der Waals surface area (Å²) in [6.07, 6.45) is 3.99. The van der Waals surface area contributed by atoms with Crippen molar-refractivity contribution in [3.05, 3.63) is 29.6 Å². The highest BCUT2D eigenvalue weighted by molar-refractivity contribution is 8.03. The van der Waals surface area contributed by atoms with Gasteiger partial charge < -0.3 is 5.32 Å². The number of hydrogen-bond donors (Lipinski definition) is 1. The smallest absolute Gasteiger partial charge is 0.0547 e. The summed E-state index contributed by atoms with van der Waals surface area (Å²) >= 11 is 4.23. The van der Waals surface area contributed by atoms with Crippen LogP contribution in [-0.4, -0.2) is 58.1 Å². The van der Waals surface area contributed by atoms with Crippen molar-refractivity contribution in [2.45, 2.75) is 44.8 Å². The Bertz CT molecular complexity index is 475. The molecule has 1 N–H and O–H groups in total. The van der Waals surface area contributed by atoms with E-state index in [2.05, 4.69) is 63.8 Å². The zero-order valence-corrected chi connectivity index (χ0v) is 15.8. The van der Waals surface area contributed by atoms with Crippen LogP contribution in [0.5, 0.6) is 0 Å². The SMILES string of the molecule is Cc1cccc(CN2CCCCC(NC3CSCCSC3)C2)n1. The lowest BCUT2D eigenvalue weighted by molar-refractivity contribution is 0.244. The van der Waals surface area contributed by atoms with Gasteiger partial charge in [0.25, 0.3) is 0 Å². The monoisotopic (exact) mass is 351 g/mol. The number of pyridine rings is 1. The van der Waals surface area contributed by atoms with Gasteiger partial charge in [-0.15, -0.1) is 0 Å². The molecule has 1 atom stereocenters. The molecule has 0 aliphatic carbocycles. The van der Waals surface area contributed by atoms with Gasteiger partial charge in [0.05, 0.1) is 5.69 Å². The molecule has 1 aromatic rings. The first-order valence-corrected chi connectivity index (χ1v) is 11.2. The van der Waals surface area contributed by atoms with Crippen molar-refractivity contribution in [2.24, 2.45) is 0 Å². The topological polar surface area (TPSA) is 28.2 Å². The van der Waals surface area contributed by atoms with Gasteiger partial charge in [-0.2, -0.15) is 23.5 Å². The average Bonchev–Trinajstić information content (AvgIpc) is 2.91. The van der Waals surface area contributed by atoms with E-state index >= 15 is 0 Å². The van der Waals surface area contributed by atoms with Gasteiger partial charge in [-0.1, -0.05) is 12.5 Å². The lowest BCUT2D eigenvalue weighted by atomic mass is 10.1. The van der Waals surface area contributed by atoms with Crippen molar-refractivity contribution in [1.29, 1.82) is 0 Å². The number of nitrogens with zero attached hydrogens (tertiary/aromatic N) is 2. The minimum absolute atomic E-state index is 0.645. The highest BCUT2D eigenvalue weighted by Gasteiger charge is 2.22. The first kappa shape index (κ1) is 17.6. The minimum atomic E-state index is 0.645. The van der Waals surface area contributed by atoms with E-state index in [9.17, 15) is 0 Å². The van der Waals surface area contributed by atoms with E-state index in [1.165, 1.54) is 61.1 Å². The number of nitrogens with one attached hydrogen (secondary N) is 1. The van der Waals surface area contributed by atoms with E-state index in [1.54, 1.807) is 0 Å². The molecule has 3 nitrogen and oxygen atoms in total. The van der Waals surface area contributed by atoms with Crippen LogP contribution in [0.4, 0.5) is 0 Å². The summed E-state index contributed by atoms with van der Waals surface area (Å²) < 4.78 is 0. The van der Waals surface area contributed by atoms with Gasteiger partial charge in [0.1, 0.15) is 0 Å². The van der Waals surface area contributed by atoms with Crippen LogP contribution in [0.2, 0.25) is 0 Å². The molecule has 0 amide bonds. The molecule has 0 aromatic carbocycles. The molecule has 3 heterocycles. The molecule has 0 radical (unpaired) electrons. The molecular formula is C18H29N3S2. The van der Waals surface area contributed by atoms with Crippen molar-refractivity contribution in [1.82, 2.24) is 15.2 Å². The Morgan fingerprint density at radius 2 is 2.00 bits per heavy atom. The molecule has 1 aromatic heterocycles. The van der Waals surface area contributed by atoms with Crippen molar-refractivity contribution in [2.75, 3.05) is 36.1 Å². The Morgan fingerprint density at radius 1 is 1.17 bits per heavy atom. The molecule has 2 saturated heterocycles. The average molecular weight is 352 g/mol. The maximum Gasteiger partial charge on any atom is 0.0547 e. The maximum atomic E-state index is 4.68. The number of likely N-dealkylation sites (tertiary alicyclic amines) is 1. The number of aryl methyl sites for hydroxylation is 1. The summed E-state index contributed by atoms with van der Waals surface area (Å²) in [5.41, 5.74) is 2.34. The van der Waals surface area contributed by atoms with Crippen LogP contribution in [-0.2, 0) is 6.54 Å². The van der Waals surface area contributed by atoms with Crippen LogP contribution in [0.1, 0.15) is 30.7 Å². The molecule has 1 unspecified atom stereocenters. The summed E-state index contributed by atoms with van der Waals surface area (Å²) in [7, 11) is 0. The molecular weight excluding hydrogens is 322 g/mol. The standard InChI is InChI=1S/C18H29N3S2/c1-15-5-4-7-16(19-15)11-21-8-3-2-6-17(12-21)20-18-13-22-9-10-23-14-18/h4-5,7,17-18,20H,2-3,6,8-14H2,1H3. The van der Waals surface area contributed by atoms with Crippen LogP contribution in [0.15, 0.2) is 18.2 Å². The summed E-state index contributed by atoms with van der Waals surface area (Å²) in [6, 6.07) is 7.71. The van der Waals surface area contributed by atoms with Crippen molar-refractivity contribution in [3.8, 4) is 0 Å². The number of thioether (sulfide) groups is 2. The summed E-state index contributed by atoms with van der Waals surface area (Å²) in [4.78, 5) is 7.28. The van der Waals surface area contributed by atoms with Crippen LogP contribution >= 0.6 is 23.5 Å². The predicted octanol–water partition coefficient (Wildman–Crippen LogP) is 3.18. The van der Waals surface area contributed by atoms with Crippen molar-refractivity contribution < 1.29 is 0 Å². The highest BCUT2D eigenvalue weighted by Crippen LogP contribution is 2.19. The highest BCUT2D eigenvalue weighted by atomic mass is 32.2. The Labute approximate surface area is 149 Å². The van der Waals surface area contributed by atoms with Gasteiger partial charge in [-0.25, -0.2) is 0 Å². The van der Waals surface area contributed by atoms with Gasteiger partial charge in [-0.3, -0.25) is 9.88 Å². The van der Waals surface area contributed by atoms with E-state index in [0.717, 1.165) is 12.2 Å². The van der Waals surface area contributed by atoms with Gasteiger partial charge in [0.15, 0.2) is 0 Å². The maximum absolute atomic E-state index is 4.68. The normalized spacial score (nSPS) is 25.0. The minimum Gasteiger partial charge on any atom is -0.308 e. The summed E-state index contributed by atoms with van der Waals surface area (Å²) in [5.74, 6) is 5.20. The molecule has 128 valence electrons. The van der Waals surface area contributed by atoms with E-state index in [1.807, 2.05) is 0 Å². The summed E-state index contributed by atoms with van der Waals surface area (Å²) in [6.45, 7) is 5.45. The molecule has 5 heteroatoms. The van der Waals surface area contributed by atoms with E-state index < -0.39 is 0 Å². The molecule has 3 rings (SSSR count). The molecule has 0 spiro atoms. The van der Waals surface area contributed by atoms with Gasteiger partial charge in [0, 0.05) is 53.9 Å². The van der Waals surface area contributed by atoms with Crippen LogP contribution in [0.3, 0.4) is 0 Å². The zero-order valence-electron chi connectivity index (χ0n) is 14.2. The second kappa shape index (κ2) is 9.30. The largest absolute Gasteiger partial charge is 0.308 e. The number of rotatable bonds is 4. The Morgan fingerprint density at radius 3 is 2.78 bits per heavy atom. The molecule has 0 bridgehead atoms. The van der Waals surface area contributed by atoms with Crippen molar-refractivity contribution in [3.63, 3.8) is 0 Å². The molecule has 2 fully saturated rings. The van der Waals surface area contributed by atoms with Crippen LogP contribution < -0.4 is 5.32 Å². The molecule has 2 aliphatic heterocycles. The lowest BCUT2D eigenvalue weighted by Gasteiger charge is -2.28. The van der Waals surface area contributed by atoms with Gasteiger partial charge in [0.2, 0.25) is 0 Å². The zero-order chi connectivity index (χ0) is 15.9. The third-order valence-corrected chi connectivity index (χ3v) is 7.09. The number of aromatic nitrogens is 1. The first-order chi connectivity index (χ1) is 11.3. The predicted molar refractivity (Wildman–Crippen MR) is 103 cm³/mol. The second-order valence-corrected chi connectivity index (χ2v) is 9.01. The van der Waals surface area contributed by atoms with Crippen LogP contribution in [0, 0.1) is 6.92 Å². The molecule has 2 aliphatic rings. The molecule has 0 saturated carbocycles. The first-order valence-electron chi connectivity index (χ1n) is 8.86. The molecule has 23 heavy (non-hydrogen) atoms. The van der Waals surface area contributed by atoms with Crippen LogP contribution in [0.25, 0.3) is 0 Å².